The molecular weight excluding hydrogens is 336 g/mol. The number of halogens is 1. The van der Waals surface area contributed by atoms with E-state index in [0.717, 1.165) is 35.4 Å². The van der Waals surface area contributed by atoms with E-state index in [4.69, 9.17) is 18.0 Å². The monoisotopic (exact) mass is 348 g/mol. The van der Waals surface area contributed by atoms with Gasteiger partial charge in [0.05, 0.1) is 5.52 Å². The number of anilines is 3. The van der Waals surface area contributed by atoms with Crippen LogP contribution in [0, 0.1) is 12.3 Å². The fourth-order valence-electron chi connectivity index (χ4n) is 3.08. The van der Waals surface area contributed by atoms with Gasteiger partial charge in [-0.2, -0.15) is 0 Å². The summed E-state index contributed by atoms with van der Waals surface area (Å²) in [5.74, 6) is 2.36. The van der Waals surface area contributed by atoms with Crippen molar-refractivity contribution in [1.82, 2.24) is 9.97 Å². The van der Waals surface area contributed by atoms with Crippen molar-refractivity contribution in [1.29, 1.82) is 0 Å². The molecule has 25 heavy (non-hydrogen) atoms. The molecule has 2 aromatic carbocycles. The highest BCUT2D eigenvalue weighted by Crippen LogP contribution is 2.38. The lowest BCUT2D eigenvalue weighted by atomic mass is 10.1. The highest BCUT2D eigenvalue weighted by molar-refractivity contribution is 6.31. The maximum Gasteiger partial charge on any atom is 0.300 e. The minimum atomic E-state index is -0.489. The SMILES string of the molecule is C#CC(=O)Nc1ccc2c(N3CCc4ccc(Cl)cc43)ncnc2c1. The molecule has 122 valence electrons. The second kappa shape index (κ2) is 6.08. The van der Waals surface area contributed by atoms with Crippen molar-refractivity contribution in [2.24, 2.45) is 0 Å². The van der Waals surface area contributed by atoms with Gasteiger partial charge in [-0.3, -0.25) is 4.79 Å². The number of fused-ring (bicyclic) bond motifs is 2. The maximum atomic E-state index is 11.4. The molecule has 1 aliphatic heterocycles. The van der Waals surface area contributed by atoms with Gasteiger partial charge in [0, 0.05) is 28.3 Å². The largest absolute Gasteiger partial charge is 0.325 e. The summed E-state index contributed by atoms with van der Waals surface area (Å²) in [6.45, 7) is 0.831. The van der Waals surface area contributed by atoms with Gasteiger partial charge < -0.3 is 10.2 Å². The van der Waals surface area contributed by atoms with E-state index in [1.54, 1.807) is 12.1 Å². The minimum Gasteiger partial charge on any atom is -0.325 e. The topological polar surface area (TPSA) is 58.1 Å². The Hall–Kier alpha value is -3.10. The quantitative estimate of drug-likeness (QED) is 0.719. The third kappa shape index (κ3) is 2.77. The number of carbonyl (C=O) groups excluding carboxylic acids is 1. The molecule has 0 saturated heterocycles. The van der Waals surface area contributed by atoms with Crippen molar-refractivity contribution in [3.8, 4) is 12.3 Å². The lowest BCUT2D eigenvalue weighted by molar-refractivity contribution is -0.111. The Balaban J connectivity index is 1.78. The summed E-state index contributed by atoms with van der Waals surface area (Å²) >= 11 is 6.16. The number of benzene rings is 2. The van der Waals surface area contributed by atoms with E-state index < -0.39 is 5.91 Å². The average Bonchev–Trinajstić information content (AvgIpc) is 3.03. The van der Waals surface area contributed by atoms with Crippen LogP contribution in [-0.2, 0) is 11.2 Å². The third-order valence-corrected chi connectivity index (χ3v) is 4.44. The summed E-state index contributed by atoms with van der Waals surface area (Å²) in [5, 5.41) is 4.22. The van der Waals surface area contributed by atoms with E-state index in [2.05, 4.69) is 26.3 Å². The molecule has 0 bridgehead atoms. The van der Waals surface area contributed by atoms with Crippen molar-refractivity contribution >= 4 is 45.6 Å². The molecule has 0 radical (unpaired) electrons. The van der Waals surface area contributed by atoms with Crippen molar-refractivity contribution in [2.75, 3.05) is 16.8 Å². The molecule has 0 aliphatic carbocycles. The molecule has 1 aromatic heterocycles. The number of nitrogens with one attached hydrogen (secondary N) is 1. The van der Waals surface area contributed by atoms with Crippen LogP contribution in [0.15, 0.2) is 42.7 Å². The zero-order chi connectivity index (χ0) is 17.4. The summed E-state index contributed by atoms with van der Waals surface area (Å²) in [6, 6.07) is 11.4. The van der Waals surface area contributed by atoms with Crippen LogP contribution >= 0.6 is 11.6 Å². The molecule has 0 atom stereocenters. The lowest BCUT2D eigenvalue weighted by Crippen LogP contribution is -2.15. The van der Waals surface area contributed by atoms with E-state index in [1.807, 2.05) is 24.1 Å². The number of nitrogens with zero attached hydrogens (tertiary/aromatic N) is 3. The Morgan fingerprint density at radius 1 is 1.24 bits per heavy atom. The molecule has 1 aliphatic rings. The van der Waals surface area contributed by atoms with Gasteiger partial charge in [-0.1, -0.05) is 17.7 Å². The van der Waals surface area contributed by atoms with Crippen molar-refractivity contribution < 1.29 is 4.79 Å². The summed E-state index contributed by atoms with van der Waals surface area (Å²) in [4.78, 5) is 22.3. The molecule has 0 spiro atoms. The average molecular weight is 349 g/mol. The van der Waals surface area contributed by atoms with Gasteiger partial charge in [0.1, 0.15) is 12.1 Å². The summed E-state index contributed by atoms with van der Waals surface area (Å²) < 4.78 is 0. The molecule has 5 nitrogen and oxygen atoms in total. The molecule has 1 amide bonds. The molecule has 1 N–H and O–H groups in total. The van der Waals surface area contributed by atoms with Gasteiger partial charge in [0.2, 0.25) is 0 Å². The normalized spacial score (nSPS) is 12.7. The Morgan fingerprint density at radius 2 is 2.12 bits per heavy atom. The van der Waals surface area contributed by atoms with E-state index in [0.29, 0.717) is 10.7 Å². The Labute approximate surface area is 149 Å². The third-order valence-electron chi connectivity index (χ3n) is 4.20. The lowest BCUT2D eigenvalue weighted by Gasteiger charge is -2.20. The standard InChI is InChI=1S/C19H13ClN4O/c1-2-18(25)23-14-5-6-15-16(10-14)21-11-22-19(15)24-8-7-12-3-4-13(20)9-17(12)24/h1,3-6,9-11H,7-8H2,(H,23,25). The van der Waals surface area contributed by atoms with E-state index >= 15 is 0 Å². The predicted molar refractivity (Wildman–Crippen MR) is 99.2 cm³/mol. The number of hydrogen-bond acceptors (Lipinski definition) is 4. The maximum absolute atomic E-state index is 11.4. The number of amides is 1. The van der Waals surface area contributed by atoms with Crippen LogP contribution in [0.1, 0.15) is 5.56 Å². The van der Waals surface area contributed by atoms with E-state index in [-0.39, 0.29) is 0 Å². The van der Waals surface area contributed by atoms with Crippen LogP contribution in [0.25, 0.3) is 10.9 Å². The highest BCUT2D eigenvalue weighted by Gasteiger charge is 2.23. The number of rotatable bonds is 2. The van der Waals surface area contributed by atoms with Gasteiger partial charge in [-0.25, -0.2) is 9.97 Å². The second-order valence-electron chi connectivity index (χ2n) is 5.70. The van der Waals surface area contributed by atoms with Gasteiger partial charge in [0.15, 0.2) is 0 Å². The van der Waals surface area contributed by atoms with Crippen LogP contribution in [0.5, 0.6) is 0 Å². The predicted octanol–water partition coefficient (Wildman–Crippen LogP) is 3.55. The van der Waals surface area contributed by atoms with Crippen molar-refractivity contribution in [2.45, 2.75) is 6.42 Å². The Bertz CT molecular complexity index is 1040. The summed E-state index contributed by atoms with van der Waals surface area (Å²) in [6.07, 6.45) is 7.55. The van der Waals surface area contributed by atoms with Crippen molar-refractivity contribution in [3.63, 3.8) is 0 Å². The molecule has 4 rings (SSSR count). The first-order chi connectivity index (χ1) is 12.2. The number of carbonyl (C=O) groups is 1. The molecular formula is C19H13ClN4O. The number of hydrogen-bond donors (Lipinski definition) is 1. The zero-order valence-electron chi connectivity index (χ0n) is 13.2. The fourth-order valence-corrected chi connectivity index (χ4v) is 3.24. The van der Waals surface area contributed by atoms with Gasteiger partial charge in [-0.15, -0.1) is 6.42 Å². The molecule has 3 aromatic rings. The van der Waals surface area contributed by atoms with Gasteiger partial charge in [0.25, 0.3) is 5.91 Å². The van der Waals surface area contributed by atoms with E-state index in [1.165, 1.54) is 11.9 Å². The first-order valence-corrected chi connectivity index (χ1v) is 8.12. The van der Waals surface area contributed by atoms with Crippen LogP contribution in [0.3, 0.4) is 0 Å². The van der Waals surface area contributed by atoms with Crippen LogP contribution in [0.4, 0.5) is 17.2 Å². The molecule has 0 fully saturated rings. The fraction of sp³-hybridized carbons (Fsp3) is 0.105. The van der Waals surface area contributed by atoms with Gasteiger partial charge >= 0.3 is 0 Å². The summed E-state index contributed by atoms with van der Waals surface area (Å²) in [7, 11) is 0. The van der Waals surface area contributed by atoms with Crippen molar-refractivity contribution in [3.05, 3.63) is 53.3 Å². The van der Waals surface area contributed by atoms with Gasteiger partial charge in [-0.05, 0) is 48.2 Å². The molecule has 0 saturated carbocycles. The minimum absolute atomic E-state index is 0.489. The van der Waals surface area contributed by atoms with E-state index in [9.17, 15) is 4.79 Å². The Kier molecular flexibility index (Phi) is 3.75. The Morgan fingerprint density at radius 3 is 2.96 bits per heavy atom. The summed E-state index contributed by atoms with van der Waals surface area (Å²) in [5.41, 5.74) is 3.64. The molecule has 0 unspecified atom stereocenters. The zero-order valence-corrected chi connectivity index (χ0v) is 13.9. The number of aromatic nitrogens is 2. The first kappa shape index (κ1) is 15.4. The molecule has 2 heterocycles. The van der Waals surface area contributed by atoms with Crippen LogP contribution in [-0.4, -0.2) is 22.4 Å². The molecule has 6 heteroatoms. The first-order valence-electron chi connectivity index (χ1n) is 7.74. The van der Waals surface area contributed by atoms with Crippen LogP contribution in [0.2, 0.25) is 5.02 Å². The van der Waals surface area contributed by atoms with Crippen LogP contribution < -0.4 is 10.2 Å². The highest BCUT2D eigenvalue weighted by atomic mass is 35.5. The second-order valence-corrected chi connectivity index (χ2v) is 6.14. The smallest absolute Gasteiger partial charge is 0.300 e. The number of terminal acetylenes is 1.